The molecule has 68 valence electrons. The maximum Gasteiger partial charge on any atom is 0.345 e. The standard InChI is InChI=1S/C8H15N3O/c1-2-3-5-11-6-4-7(9)10-8(11)12/h2-6H2,1H3,(H2,9,10,12). The Kier molecular flexibility index (Phi) is 3.08. The van der Waals surface area contributed by atoms with Crippen LogP contribution in [0.15, 0.2) is 4.99 Å². The summed E-state index contributed by atoms with van der Waals surface area (Å²) in [6.45, 7) is 3.65. The maximum atomic E-state index is 11.2. The second-order valence-corrected chi connectivity index (χ2v) is 2.98. The van der Waals surface area contributed by atoms with Crippen LogP contribution in [0.5, 0.6) is 0 Å². The van der Waals surface area contributed by atoms with E-state index in [9.17, 15) is 4.79 Å². The van der Waals surface area contributed by atoms with Crippen LogP contribution in [0.4, 0.5) is 4.79 Å². The van der Waals surface area contributed by atoms with Crippen LogP contribution in [0, 0.1) is 0 Å². The van der Waals surface area contributed by atoms with Crippen molar-refractivity contribution in [3.63, 3.8) is 0 Å². The van der Waals surface area contributed by atoms with Gasteiger partial charge in [-0.2, -0.15) is 4.99 Å². The molecule has 0 unspecified atom stereocenters. The van der Waals surface area contributed by atoms with Crippen LogP contribution in [0.3, 0.4) is 0 Å². The Balaban J connectivity index is 2.42. The summed E-state index contributed by atoms with van der Waals surface area (Å²) in [5, 5.41) is 0. The highest BCUT2D eigenvalue weighted by atomic mass is 16.2. The van der Waals surface area contributed by atoms with Gasteiger partial charge in [-0.1, -0.05) is 13.3 Å². The number of aliphatic imine (C=N–C) groups is 1. The molecule has 1 heterocycles. The molecule has 2 N–H and O–H groups in total. The van der Waals surface area contributed by atoms with Gasteiger partial charge in [0.15, 0.2) is 0 Å². The van der Waals surface area contributed by atoms with E-state index in [2.05, 4.69) is 11.9 Å². The Morgan fingerprint density at radius 1 is 1.67 bits per heavy atom. The fourth-order valence-electron chi connectivity index (χ4n) is 1.15. The molecule has 0 bridgehead atoms. The van der Waals surface area contributed by atoms with Gasteiger partial charge < -0.3 is 10.6 Å². The van der Waals surface area contributed by atoms with E-state index >= 15 is 0 Å². The van der Waals surface area contributed by atoms with Gasteiger partial charge in [0.25, 0.3) is 0 Å². The summed E-state index contributed by atoms with van der Waals surface area (Å²) in [5.41, 5.74) is 5.42. The molecule has 12 heavy (non-hydrogen) atoms. The number of amidine groups is 1. The maximum absolute atomic E-state index is 11.2. The number of unbranched alkanes of at least 4 members (excludes halogenated alkanes) is 1. The first-order chi connectivity index (χ1) is 5.74. The van der Waals surface area contributed by atoms with Crippen molar-refractivity contribution in [3.8, 4) is 0 Å². The number of carbonyl (C=O) groups excluding carboxylic acids is 1. The summed E-state index contributed by atoms with van der Waals surface area (Å²) < 4.78 is 0. The van der Waals surface area contributed by atoms with Gasteiger partial charge in [-0.05, 0) is 6.42 Å². The molecule has 0 spiro atoms. The van der Waals surface area contributed by atoms with Crippen molar-refractivity contribution in [2.24, 2.45) is 10.7 Å². The van der Waals surface area contributed by atoms with Crippen molar-refractivity contribution >= 4 is 11.9 Å². The zero-order chi connectivity index (χ0) is 8.97. The third-order valence-corrected chi connectivity index (χ3v) is 1.93. The largest absolute Gasteiger partial charge is 0.387 e. The zero-order valence-electron chi connectivity index (χ0n) is 7.42. The van der Waals surface area contributed by atoms with E-state index in [1.54, 1.807) is 4.90 Å². The minimum atomic E-state index is -0.174. The van der Waals surface area contributed by atoms with Gasteiger partial charge in [0, 0.05) is 19.5 Å². The fourth-order valence-corrected chi connectivity index (χ4v) is 1.15. The predicted molar refractivity (Wildman–Crippen MR) is 48.1 cm³/mol. The number of carbonyl (C=O) groups is 1. The van der Waals surface area contributed by atoms with Gasteiger partial charge in [-0.15, -0.1) is 0 Å². The summed E-state index contributed by atoms with van der Waals surface area (Å²) in [7, 11) is 0. The molecule has 2 amide bonds. The molecular formula is C8H15N3O. The van der Waals surface area contributed by atoms with E-state index in [0.29, 0.717) is 5.84 Å². The molecule has 0 atom stereocenters. The molecule has 1 aliphatic rings. The minimum Gasteiger partial charge on any atom is -0.387 e. The van der Waals surface area contributed by atoms with Crippen molar-refractivity contribution in [3.05, 3.63) is 0 Å². The molecular weight excluding hydrogens is 154 g/mol. The summed E-state index contributed by atoms with van der Waals surface area (Å²) in [6.07, 6.45) is 2.86. The van der Waals surface area contributed by atoms with Gasteiger partial charge in [0.1, 0.15) is 5.84 Å². The van der Waals surface area contributed by atoms with Crippen molar-refractivity contribution in [2.45, 2.75) is 26.2 Å². The summed E-state index contributed by atoms with van der Waals surface area (Å²) >= 11 is 0. The molecule has 0 saturated carbocycles. The molecule has 0 aliphatic carbocycles. The second kappa shape index (κ2) is 4.09. The first kappa shape index (κ1) is 9.03. The van der Waals surface area contributed by atoms with Crippen LogP contribution in [0.25, 0.3) is 0 Å². The van der Waals surface area contributed by atoms with E-state index in [-0.39, 0.29) is 6.03 Å². The number of urea groups is 1. The lowest BCUT2D eigenvalue weighted by molar-refractivity contribution is 0.205. The Labute approximate surface area is 72.4 Å². The molecule has 1 aliphatic heterocycles. The van der Waals surface area contributed by atoms with Crippen LogP contribution in [-0.2, 0) is 0 Å². The van der Waals surface area contributed by atoms with E-state index in [1.807, 2.05) is 0 Å². The van der Waals surface area contributed by atoms with Gasteiger partial charge in [-0.3, -0.25) is 0 Å². The molecule has 4 heteroatoms. The third kappa shape index (κ3) is 2.22. The second-order valence-electron chi connectivity index (χ2n) is 2.98. The topological polar surface area (TPSA) is 58.7 Å². The Hall–Kier alpha value is -1.06. The Morgan fingerprint density at radius 3 is 3.00 bits per heavy atom. The van der Waals surface area contributed by atoms with Crippen LogP contribution < -0.4 is 5.73 Å². The van der Waals surface area contributed by atoms with Crippen molar-refractivity contribution in [2.75, 3.05) is 13.1 Å². The molecule has 0 aromatic rings. The number of nitrogens with zero attached hydrogens (tertiary/aromatic N) is 2. The average molecular weight is 169 g/mol. The SMILES string of the molecule is CCCCN1CCC(N)=NC1=O. The lowest BCUT2D eigenvalue weighted by atomic mass is 10.3. The number of nitrogens with two attached hydrogens (primary N) is 1. The van der Waals surface area contributed by atoms with Crippen molar-refractivity contribution < 1.29 is 4.79 Å². The zero-order valence-corrected chi connectivity index (χ0v) is 7.42. The molecule has 0 radical (unpaired) electrons. The van der Waals surface area contributed by atoms with Gasteiger partial charge in [0.2, 0.25) is 0 Å². The molecule has 1 rings (SSSR count). The average Bonchev–Trinajstić information content (AvgIpc) is 2.03. The molecule has 0 aromatic heterocycles. The number of rotatable bonds is 3. The van der Waals surface area contributed by atoms with Crippen LogP contribution in [0.1, 0.15) is 26.2 Å². The Bertz CT molecular complexity index is 200. The highest BCUT2D eigenvalue weighted by Crippen LogP contribution is 2.04. The van der Waals surface area contributed by atoms with Crippen LogP contribution in [0.2, 0.25) is 0 Å². The first-order valence-electron chi connectivity index (χ1n) is 4.36. The minimum absolute atomic E-state index is 0.174. The number of amides is 2. The van der Waals surface area contributed by atoms with E-state index in [4.69, 9.17) is 5.73 Å². The number of hydrogen-bond acceptors (Lipinski definition) is 2. The van der Waals surface area contributed by atoms with E-state index in [0.717, 1.165) is 32.4 Å². The smallest absolute Gasteiger partial charge is 0.345 e. The summed E-state index contributed by atoms with van der Waals surface area (Å²) in [4.78, 5) is 16.6. The van der Waals surface area contributed by atoms with Crippen molar-refractivity contribution in [1.29, 1.82) is 0 Å². The monoisotopic (exact) mass is 169 g/mol. The van der Waals surface area contributed by atoms with Crippen LogP contribution in [-0.4, -0.2) is 29.9 Å². The van der Waals surface area contributed by atoms with Gasteiger partial charge >= 0.3 is 6.03 Å². The normalized spacial score (nSPS) is 17.9. The lowest BCUT2D eigenvalue weighted by Gasteiger charge is -2.23. The quantitative estimate of drug-likeness (QED) is 0.684. The van der Waals surface area contributed by atoms with Crippen molar-refractivity contribution in [1.82, 2.24) is 4.90 Å². The first-order valence-corrected chi connectivity index (χ1v) is 4.36. The van der Waals surface area contributed by atoms with E-state index < -0.39 is 0 Å². The molecule has 0 aromatic carbocycles. The third-order valence-electron chi connectivity index (χ3n) is 1.93. The van der Waals surface area contributed by atoms with Crippen LogP contribution >= 0.6 is 0 Å². The van der Waals surface area contributed by atoms with E-state index in [1.165, 1.54) is 0 Å². The summed E-state index contributed by atoms with van der Waals surface area (Å²) in [5.74, 6) is 0.466. The molecule has 4 nitrogen and oxygen atoms in total. The molecule has 0 saturated heterocycles. The lowest BCUT2D eigenvalue weighted by Crippen LogP contribution is -2.38. The van der Waals surface area contributed by atoms with Gasteiger partial charge in [-0.25, -0.2) is 4.79 Å². The highest BCUT2D eigenvalue weighted by molar-refractivity contribution is 5.95. The predicted octanol–water partition coefficient (Wildman–Crippen LogP) is 0.969. The molecule has 0 fully saturated rings. The summed E-state index contributed by atoms with van der Waals surface area (Å²) in [6, 6.07) is -0.174. The highest BCUT2D eigenvalue weighted by Gasteiger charge is 2.17. The van der Waals surface area contributed by atoms with Gasteiger partial charge in [0.05, 0.1) is 0 Å². The fraction of sp³-hybridized carbons (Fsp3) is 0.750. The number of hydrogen-bond donors (Lipinski definition) is 1. The Morgan fingerprint density at radius 2 is 2.42 bits per heavy atom.